The Balaban J connectivity index is 1.54. The maximum absolute atomic E-state index is 13.0. The van der Waals surface area contributed by atoms with Gasteiger partial charge in [0.25, 0.3) is 0 Å². The number of esters is 3. The van der Waals surface area contributed by atoms with Crippen molar-refractivity contribution in [2.24, 2.45) is 23.7 Å². The summed E-state index contributed by atoms with van der Waals surface area (Å²) >= 11 is 2.10. The first kappa shape index (κ1) is 19.5. The number of halogens is 1. The summed E-state index contributed by atoms with van der Waals surface area (Å²) in [6.45, 7) is 5.74. The van der Waals surface area contributed by atoms with Crippen LogP contribution in [0.1, 0.15) is 59.3 Å². The molecule has 1 saturated heterocycles. The average Bonchev–Trinajstić information content (AvgIpc) is 3.32. The molecule has 150 valence electrons. The van der Waals surface area contributed by atoms with Crippen LogP contribution in [0.2, 0.25) is 0 Å². The van der Waals surface area contributed by atoms with E-state index in [0.29, 0.717) is 12.8 Å². The van der Waals surface area contributed by atoms with Gasteiger partial charge in [-0.25, -0.2) is 0 Å². The van der Waals surface area contributed by atoms with E-state index in [4.69, 9.17) is 14.2 Å². The van der Waals surface area contributed by atoms with Crippen molar-refractivity contribution in [1.29, 1.82) is 0 Å². The standard InChI is InChI=1S/C20H27IO6/c1-4-20(3,21)18(24)26-15-11-9-10-12(16(22)25-14(10)15)13(11)17(23)27-19(2)7-5-6-8-19/h10-15H,4-9H2,1-3H3. The van der Waals surface area contributed by atoms with E-state index < -0.39 is 33.1 Å². The lowest BCUT2D eigenvalue weighted by Crippen LogP contribution is -2.47. The zero-order valence-corrected chi connectivity index (χ0v) is 18.2. The van der Waals surface area contributed by atoms with Gasteiger partial charge in [0.2, 0.25) is 0 Å². The highest BCUT2D eigenvalue weighted by Crippen LogP contribution is 2.59. The number of fused-ring (bicyclic) bond motifs is 1. The molecular formula is C20H27IO6. The Morgan fingerprint density at radius 3 is 2.59 bits per heavy atom. The van der Waals surface area contributed by atoms with E-state index in [-0.39, 0.29) is 29.7 Å². The third kappa shape index (κ3) is 3.08. The molecule has 2 bridgehead atoms. The van der Waals surface area contributed by atoms with Crippen molar-refractivity contribution < 1.29 is 28.6 Å². The van der Waals surface area contributed by atoms with Crippen LogP contribution >= 0.6 is 22.6 Å². The summed E-state index contributed by atoms with van der Waals surface area (Å²) in [4.78, 5) is 38.1. The molecule has 3 saturated carbocycles. The molecule has 3 aliphatic carbocycles. The molecule has 0 radical (unpaired) electrons. The Bertz CT molecular complexity index is 667. The van der Waals surface area contributed by atoms with Crippen LogP contribution in [0, 0.1) is 23.7 Å². The molecule has 4 aliphatic rings. The van der Waals surface area contributed by atoms with Crippen LogP contribution in [-0.2, 0) is 28.6 Å². The van der Waals surface area contributed by atoms with E-state index >= 15 is 0 Å². The fraction of sp³-hybridized carbons (Fsp3) is 0.850. The van der Waals surface area contributed by atoms with Crippen molar-refractivity contribution in [3.8, 4) is 0 Å². The highest BCUT2D eigenvalue weighted by atomic mass is 127. The second-order valence-corrected chi connectivity index (χ2v) is 11.4. The molecule has 1 aliphatic heterocycles. The quantitative estimate of drug-likeness (QED) is 0.255. The maximum atomic E-state index is 13.0. The molecule has 0 amide bonds. The molecule has 7 atom stereocenters. The zero-order valence-electron chi connectivity index (χ0n) is 16.0. The molecule has 1 heterocycles. The number of ether oxygens (including phenoxy) is 3. The van der Waals surface area contributed by atoms with Gasteiger partial charge >= 0.3 is 17.9 Å². The predicted molar refractivity (Wildman–Crippen MR) is 104 cm³/mol. The Hall–Kier alpha value is -0.860. The van der Waals surface area contributed by atoms with Gasteiger partial charge in [-0.15, -0.1) is 0 Å². The van der Waals surface area contributed by atoms with E-state index in [2.05, 4.69) is 22.6 Å². The smallest absolute Gasteiger partial charge is 0.322 e. The summed E-state index contributed by atoms with van der Waals surface area (Å²) in [6.07, 6.45) is 4.20. The summed E-state index contributed by atoms with van der Waals surface area (Å²) in [5.41, 5.74) is -0.435. The minimum Gasteiger partial charge on any atom is -0.459 e. The average molecular weight is 490 g/mol. The van der Waals surface area contributed by atoms with E-state index in [9.17, 15) is 14.4 Å². The van der Waals surface area contributed by atoms with Crippen molar-refractivity contribution in [3.05, 3.63) is 0 Å². The summed E-state index contributed by atoms with van der Waals surface area (Å²) < 4.78 is 16.6. The molecule has 0 spiro atoms. The van der Waals surface area contributed by atoms with Crippen LogP contribution in [0.5, 0.6) is 0 Å². The number of hydrogen-bond donors (Lipinski definition) is 0. The molecule has 4 rings (SSSR count). The molecular weight excluding hydrogens is 463 g/mol. The van der Waals surface area contributed by atoms with E-state index in [1.165, 1.54) is 0 Å². The van der Waals surface area contributed by atoms with E-state index in [1.54, 1.807) is 0 Å². The molecule has 27 heavy (non-hydrogen) atoms. The highest BCUT2D eigenvalue weighted by molar-refractivity contribution is 14.1. The van der Waals surface area contributed by atoms with Crippen molar-refractivity contribution in [3.63, 3.8) is 0 Å². The van der Waals surface area contributed by atoms with Crippen LogP contribution in [0.15, 0.2) is 0 Å². The molecule has 0 N–H and O–H groups in total. The molecule has 4 fully saturated rings. The molecule has 7 heteroatoms. The SMILES string of the molecule is CCC(C)(I)C(=O)OC1C2CC3C1OC(=O)C3C2C(=O)OC1(C)CCCC1. The van der Waals surface area contributed by atoms with E-state index in [1.807, 2.05) is 20.8 Å². The Morgan fingerprint density at radius 1 is 1.30 bits per heavy atom. The molecule has 0 aromatic heterocycles. The fourth-order valence-electron chi connectivity index (χ4n) is 5.40. The second-order valence-electron chi connectivity index (χ2n) is 9.02. The first-order valence-electron chi connectivity index (χ1n) is 10.0. The van der Waals surface area contributed by atoms with Crippen LogP contribution in [0.25, 0.3) is 0 Å². The predicted octanol–water partition coefficient (Wildman–Crippen LogP) is 3.19. The number of alkyl halides is 1. The van der Waals surface area contributed by atoms with Crippen molar-refractivity contribution in [2.45, 2.75) is 80.5 Å². The van der Waals surface area contributed by atoms with Crippen molar-refractivity contribution in [2.75, 3.05) is 0 Å². The Kier molecular flexibility index (Phi) is 4.75. The molecule has 0 aromatic carbocycles. The lowest BCUT2D eigenvalue weighted by molar-refractivity contribution is -0.174. The minimum atomic E-state index is -0.630. The van der Waals surface area contributed by atoms with Gasteiger partial charge in [-0.3, -0.25) is 14.4 Å². The van der Waals surface area contributed by atoms with Crippen molar-refractivity contribution in [1.82, 2.24) is 0 Å². The van der Waals surface area contributed by atoms with Crippen LogP contribution in [0.3, 0.4) is 0 Å². The highest BCUT2D eigenvalue weighted by Gasteiger charge is 2.70. The van der Waals surface area contributed by atoms with Gasteiger partial charge in [-0.2, -0.15) is 0 Å². The Labute approximate surface area is 173 Å². The number of rotatable bonds is 5. The van der Waals surface area contributed by atoms with Gasteiger partial charge < -0.3 is 14.2 Å². The van der Waals surface area contributed by atoms with Gasteiger partial charge in [-0.1, -0.05) is 29.5 Å². The summed E-state index contributed by atoms with van der Waals surface area (Å²) in [6, 6.07) is 0. The van der Waals surface area contributed by atoms with Crippen LogP contribution in [-0.4, -0.2) is 39.1 Å². The van der Waals surface area contributed by atoms with Gasteiger partial charge in [0, 0.05) is 11.8 Å². The molecule has 0 aromatic rings. The van der Waals surface area contributed by atoms with E-state index in [0.717, 1.165) is 25.7 Å². The normalized spacial score (nSPS) is 40.5. The number of carbonyl (C=O) groups excluding carboxylic acids is 3. The largest absolute Gasteiger partial charge is 0.459 e. The van der Waals surface area contributed by atoms with Gasteiger partial charge in [-0.05, 0) is 52.4 Å². The fourth-order valence-corrected chi connectivity index (χ4v) is 5.52. The molecule has 6 nitrogen and oxygen atoms in total. The maximum Gasteiger partial charge on any atom is 0.322 e. The Morgan fingerprint density at radius 2 is 1.96 bits per heavy atom. The topological polar surface area (TPSA) is 78.9 Å². The van der Waals surface area contributed by atoms with Gasteiger partial charge in [0.1, 0.15) is 21.2 Å². The first-order chi connectivity index (χ1) is 12.7. The third-order valence-electron chi connectivity index (χ3n) is 7.16. The second kappa shape index (κ2) is 6.59. The first-order valence-corrected chi connectivity index (χ1v) is 11.1. The zero-order chi connectivity index (χ0) is 19.6. The molecule has 7 unspecified atom stereocenters. The van der Waals surface area contributed by atoms with Crippen LogP contribution in [0.4, 0.5) is 0 Å². The summed E-state index contributed by atoms with van der Waals surface area (Å²) in [7, 11) is 0. The summed E-state index contributed by atoms with van der Waals surface area (Å²) in [5, 5.41) is 0. The van der Waals surface area contributed by atoms with Gasteiger partial charge in [0.05, 0.1) is 11.8 Å². The lowest BCUT2D eigenvalue weighted by Gasteiger charge is -2.34. The van der Waals surface area contributed by atoms with Crippen molar-refractivity contribution >= 4 is 40.5 Å². The number of carbonyl (C=O) groups is 3. The monoisotopic (exact) mass is 490 g/mol. The number of hydrogen-bond acceptors (Lipinski definition) is 6. The van der Waals surface area contributed by atoms with Crippen LogP contribution < -0.4 is 0 Å². The minimum absolute atomic E-state index is 0.0451. The third-order valence-corrected chi connectivity index (χ3v) is 8.36. The summed E-state index contributed by atoms with van der Waals surface area (Å²) in [5.74, 6) is -2.20. The van der Waals surface area contributed by atoms with Gasteiger partial charge in [0.15, 0.2) is 0 Å². The lowest BCUT2D eigenvalue weighted by atomic mass is 9.78.